The molecule has 1 aromatic heterocycles. The van der Waals surface area contributed by atoms with Gasteiger partial charge in [-0.25, -0.2) is 18.5 Å². The molecule has 0 aliphatic heterocycles. The molecule has 1 amide bonds. The highest BCUT2D eigenvalue weighted by Crippen LogP contribution is 2.24. The number of nitrogens with two attached hydrogens (primary N) is 1. The Bertz CT molecular complexity index is 1520. The molecular weight excluding hydrogens is 484 g/mol. The van der Waals surface area contributed by atoms with Crippen LogP contribution in [0.25, 0.3) is 10.9 Å². The number of benzene rings is 3. The van der Waals surface area contributed by atoms with Crippen molar-refractivity contribution in [3.63, 3.8) is 0 Å². The lowest BCUT2D eigenvalue weighted by Crippen LogP contribution is -2.27. The minimum absolute atomic E-state index is 0.0280. The third-order valence-electron chi connectivity index (χ3n) is 5.40. The molecule has 0 aliphatic rings. The number of aryl methyl sites for hydroxylation is 1. The first-order valence-corrected chi connectivity index (χ1v) is 13.3. The quantitative estimate of drug-likeness (QED) is 0.278. The number of hydrogen-bond acceptors (Lipinski definition) is 6. The van der Waals surface area contributed by atoms with Gasteiger partial charge in [0, 0.05) is 12.2 Å². The van der Waals surface area contributed by atoms with Crippen LogP contribution in [0.4, 0.5) is 5.69 Å². The lowest BCUT2D eigenvalue weighted by Gasteiger charge is -2.16. The second-order valence-electron chi connectivity index (χ2n) is 7.92. The number of amides is 1. The summed E-state index contributed by atoms with van der Waals surface area (Å²) in [5.41, 5.74) is 1.89. The number of primary sulfonamides is 1. The molecule has 1 heterocycles. The highest BCUT2D eigenvalue weighted by Gasteiger charge is 2.20. The van der Waals surface area contributed by atoms with Gasteiger partial charge in [0.15, 0.2) is 5.16 Å². The van der Waals surface area contributed by atoms with Gasteiger partial charge in [-0.1, -0.05) is 54.2 Å². The van der Waals surface area contributed by atoms with Crippen LogP contribution in [0, 0.1) is 0 Å². The molecule has 0 saturated carbocycles. The van der Waals surface area contributed by atoms with Crippen molar-refractivity contribution >= 4 is 44.3 Å². The predicted octanol–water partition coefficient (Wildman–Crippen LogP) is 3.41. The average Bonchev–Trinajstić information content (AvgIpc) is 2.84. The summed E-state index contributed by atoms with van der Waals surface area (Å²) >= 11 is 1.21. The first kappa shape index (κ1) is 24.6. The topological polar surface area (TPSA) is 124 Å². The van der Waals surface area contributed by atoms with E-state index in [2.05, 4.69) is 10.3 Å². The second-order valence-corrected chi connectivity index (χ2v) is 10.8. The summed E-state index contributed by atoms with van der Waals surface area (Å²) < 4.78 is 24.6. The maximum absolute atomic E-state index is 13.3. The number of anilines is 1. The van der Waals surface area contributed by atoms with Gasteiger partial charge in [-0.2, -0.15) is 0 Å². The van der Waals surface area contributed by atoms with Crippen molar-refractivity contribution in [1.82, 2.24) is 9.55 Å². The molecule has 4 aromatic rings. The van der Waals surface area contributed by atoms with Crippen molar-refractivity contribution in [3.8, 4) is 0 Å². The highest BCUT2D eigenvalue weighted by atomic mass is 32.2. The molecule has 3 N–H and O–H groups in total. The molecule has 8 nitrogen and oxygen atoms in total. The highest BCUT2D eigenvalue weighted by molar-refractivity contribution is 8.00. The smallest absolute Gasteiger partial charge is 0.262 e. The van der Waals surface area contributed by atoms with Crippen LogP contribution in [0.1, 0.15) is 12.5 Å². The third-order valence-corrected chi connectivity index (χ3v) is 7.41. The number of fused-ring (bicyclic) bond motifs is 1. The van der Waals surface area contributed by atoms with Gasteiger partial charge in [0.2, 0.25) is 15.9 Å². The van der Waals surface area contributed by atoms with Crippen molar-refractivity contribution in [2.45, 2.75) is 35.2 Å². The third kappa shape index (κ3) is 5.97. The number of rotatable bonds is 8. The molecule has 35 heavy (non-hydrogen) atoms. The number of carbonyl (C=O) groups excluding carboxylic acids is 1. The number of thioether (sulfide) groups is 1. The average molecular weight is 509 g/mol. The first-order valence-electron chi connectivity index (χ1n) is 10.9. The van der Waals surface area contributed by atoms with E-state index < -0.39 is 15.3 Å². The molecule has 1 atom stereocenters. The Labute approximate surface area is 207 Å². The summed E-state index contributed by atoms with van der Waals surface area (Å²) in [4.78, 5) is 30.8. The van der Waals surface area contributed by atoms with Gasteiger partial charge >= 0.3 is 0 Å². The number of sulfonamides is 1. The molecule has 0 fully saturated rings. The Hall–Kier alpha value is -3.47. The lowest BCUT2D eigenvalue weighted by atomic mass is 10.1. The first-order chi connectivity index (χ1) is 16.7. The van der Waals surface area contributed by atoms with E-state index in [1.165, 1.54) is 23.9 Å². The number of para-hydroxylation sites is 2. The van der Waals surface area contributed by atoms with E-state index in [1.807, 2.05) is 24.3 Å². The Kier molecular flexibility index (Phi) is 7.34. The number of nitrogens with one attached hydrogen (secondary N) is 1. The lowest BCUT2D eigenvalue weighted by molar-refractivity contribution is -0.115. The van der Waals surface area contributed by atoms with Gasteiger partial charge in [0.05, 0.1) is 21.0 Å². The van der Waals surface area contributed by atoms with Crippen molar-refractivity contribution in [2.75, 3.05) is 5.32 Å². The molecule has 180 valence electrons. The molecule has 0 aliphatic carbocycles. The Morgan fingerprint density at radius 3 is 2.37 bits per heavy atom. The zero-order valence-electron chi connectivity index (χ0n) is 18.9. The van der Waals surface area contributed by atoms with Gasteiger partial charge in [0.25, 0.3) is 5.56 Å². The molecular formula is C25H24N4O4S2. The van der Waals surface area contributed by atoms with Gasteiger partial charge in [-0.3, -0.25) is 14.2 Å². The van der Waals surface area contributed by atoms with E-state index in [4.69, 9.17) is 5.14 Å². The summed E-state index contributed by atoms with van der Waals surface area (Å²) in [6.45, 7) is 2.07. The molecule has 0 saturated heterocycles. The van der Waals surface area contributed by atoms with Crippen LogP contribution in [0.5, 0.6) is 0 Å². The monoisotopic (exact) mass is 508 g/mol. The van der Waals surface area contributed by atoms with Gasteiger partial charge in [0.1, 0.15) is 0 Å². The maximum atomic E-state index is 13.3. The van der Waals surface area contributed by atoms with Crippen molar-refractivity contribution in [1.29, 1.82) is 0 Å². The second kappa shape index (κ2) is 10.4. The normalized spacial score (nSPS) is 12.4. The minimum Gasteiger partial charge on any atom is -0.325 e. The van der Waals surface area contributed by atoms with Crippen LogP contribution in [-0.2, 0) is 27.8 Å². The summed E-state index contributed by atoms with van der Waals surface area (Å²) in [7, 11) is -3.78. The number of aromatic nitrogens is 2. The van der Waals surface area contributed by atoms with Crippen molar-refractivity contribution < 1.29 is 13.2 Å². The molecule has 4 rings (SSSR count). The summed E-state index contributed by atoms with van der Waals surface area (Å²) in [6, 6.07) is 22.5. The van der Waals surface area contributed by atoms with Crippen LogP contribution in [0.3, 0.4) is 0 Å². The summed E-state index contributed by atoms with van der Waals surface area (Å²) in [5.74, 6) is -0.200. The zero-order chi connectivity index (χ0) is 25.0. The molecule has 0 bridgehead atoms. The van der Waals surface area contributed by atoms with E-state index in [0.29, 0.717) is 34.7 Å². The molecule has 1 unspecified atom stereocenters. The Balaban J connectivity index is 1.60. The number of nitrogens with zero attached hydrogens (tertiary/aromatic N) is 2. The molecule has 0 spiro atoms. The predicted molar refractivity (Wildman–Crippen MR) is 138 cm³/mol. The van der Waals surface area contributed by atoms with Crippen LogP contribution in [0.2, 0.25) is 0 Å². The van der Waals surface area contributed by atoms with E-state index >= 15 is 0 Å². The minimum atomic E-state index is -3.78. The van der Waals surface area contributed by atoms with E-state index in [9.17, 15) is 18.0 Å². The zero-order valence-corrected chi connectivity index (χ0v) is 20.6. The largest absolute Gasteiger partial charge is 0.325 e. The Morgan fingerprint density at radius 2 is 1.69 bits per heavy atom. The fraction of sp³-hybridized carbons (Fsp3) is 0.160. The fourth-order valence-corrected chi connectivity index (χ4v) is 4.95. The van der Waals surface area contributed by atoms with E-state index in [-0.39, 0.29) is 16.4 Å². The molecule has 3 aromatic carbocycles. The summed E-state index contributed by atoms with van der Waals surface area (Å²) in [5, 5.41) is 8.45. The fourth-order valence-electron chi connectivity index (χ4n) is 3.50. The van der Waals surface area contributed by atoms with Gasteiger partial charge in [-0.05, 0) is 55.3 Å². The van der Waals surface area contributed by atoms with E-state index in [0.717, 1.165) is 5.56 Å². The summed E-state index contributed by atoms with van der Waals surface area (Å²) in [6.07, 6.45) is 0.461. The molecule has 10 heteroatoms. The number of hydrogen-bond donors (Lipinski definition) is 2. The van der Waals surface area contributed by atoms with Gasteiger partial charge in [-0.15, -0.1) is 0 Å². The van der Waals surface area contributed by atoms with E-state index in [1.54, 1.807) is 54.0 Å². The maximum Gasteiger partial charge on any atom is 0.262 e. The van der Waals surface area contributed by atoms with Crippen molar-refractivity contribution in [2.24, 2.45) is 5.14 Å². The van der Waals surface area contributed by atoms with Crippen molar-refractivity contribution in [3.05, 3.63) is 94.8 Å². The van der Waals surface area contributed by atoms with Gasteiger partial charge < -0.3 is 5.32 Å². The van der Waals surface area contributed by atoms with Crippen LogP contribution in [0.15, 0.2) is 93.7 Å². The SMILES string of the molecule is CC(Sc1nc2ccccc2c(=O)n1CCc1ccc(S(N)(=O)=O)cc1)C(=O)Nc1ccccc1. The van der Waals surface area contributed by atoms with Crippen LogP contribution >= 0.6 is 11.8 Å². The van der Waals surface area contributed by atoms with Crippen LogP contribution < -0.4 is 16.0 Å². The molecule has 0 radical (unpaired) electrons. The standard InChI is InChI=1S/C25H24N4O4S2/c1-17(23(30)27-19-7-3-2-4-8-19)34-25-28-22-10-6-5-9-21(22)24(31)29(25)16-15-18-11-13-20(14-12-18)35(26,32)33/h2-14,17H,15-16H2,1H3,(H,27,30)(H2,26,32,33). The van der Waals surface area contributed by atoms with Crippen LogP contribution in [-0.4, -0.2) is 29.1 Å². The number of carbonyl (C=O) groups is 1. The Morgan fingerprint density at radius 1 is 1.03 bits per heavy atom.